The number of nitrogens with zero attached hydrogens (tertiary/aromatic N) is 4. The Morgan fingerprint density at radius 2 is 2.11 bits per heavy atom. The molecule has 3 rings (SSSR count). The fraction of sp³-hybridized carbons (Fsp3) is 0.538. The van der Waals surface area contributed by atoms with Crippen molar-refractivity contribution in [2.24, 2.45) is 0 Å². The molecule has 1 saturated carbocycles. The van der Waals surface area contributed by atoms with Crippen LogP contribution in [-0.2, 0) is 5.54 Å². The fourth-order valence-corrected chi connectivity index (χ4v) is 3.77. The molecule has 2 N–H and O–H groups in total. The summed E-state index contributed by atoms with van der Waals surface area (Å²) in [5, 5.41) is 0.984. The summed E-state index contributed by atoms with van der Waals surface area (Å²) >= 11 is 2.31. The average Bonchev–Trinajstić information content (AvgIpc) is 2.64. The Bertz CT molecular complexity index is 627. The molecule has 0 aliphatic heterocycles. The summed E-state index contributed by atoms with van der Waals surface area (Å²) < 4.78 is 3.41. The van der Waals surface area contributed by atoms with Gasteiger partial charge in [0.05, 0.1) is 5.39 Å². The van der Waals surface area contributed by atoms with Gasteiger partial charge >= 0.3 is 0 Å². The molecule has 5 nitrogen and oxygen atoms in total. The van der Waals surface area contributed by atoms with Crippen molar-refractivity contribution in [3.8, 4) is 0 Å². The van der Waals surface area contributed by atoms with Gasteiger partial charge in [-0.3, -0.25) is 0 Å². The molecule has 2 heterocycles. The predicted molar refractivity (Wildman–Crippen MR) is 85.0 cm³/mol. The lowest BCUT2D eigenvalue weighted by Gasteiger charge is -2.49. The Labute approximate surface area is 126 Å². The van der Waals surface area contributed by atoms with Crippen molar-refractivity contribution in [3.05, 3.63) is 16.1 Å². The summed E-state index contributed by atoms with van der Waals surface area (Å²) in [6.45, 7) is 2.29. The van der Waals surface area contributed by atoms with E-state index in [0.717, 1.165) is 27.4 Å². The summed E-state index contributed by atoms with van der Waals surface area (Å²) in [6.07, 6.45) is 5.99. The molecule has 0 spiro atoms. The van der Waals surface area contributed by atoms with Crippen molar-refractivity contribution in [2.45, 2.75) is 31.3 Å². The maximum Gasteiger partial charge on any atom is 0.147 e. The molecule has 6 heteroatoms. The molecule has 102 valence electrons. The van der Waals surface area contributed by atoms with E-state index in [-0.39, 0.29) is 5.54 Å². The van der Waals surface area contributed by atoms with E-state index in [1.54, 1.807) is 6.33 Å². The van der Waals surface area contributed by atoms with Crippen LogP contribution < -0.4 is 5.73 Å². The van der Waals surface area contributed by atoms with Crippen LogP contribution >= 0.6 is 22.6 Å². The van der Waals surface area contributed by atoms with Gasteiger partial charge < -0.3 is 15.2 Å². The van der Waals surface area contributed by atoms with Gasteiger partial charge in [0.2, 0.25) is 0 Å². The smallest absolute Gasteiger partial charge is 0.147 e. The average molecular weight is 371 g/mol. The first kappa shape index (κ1) is 13.1. The first-order chi connectivity index (χ1) is 8.92. The zero-order chi connectivity index (χ0) is 13.8. The Morgan fingerprint density at radius 1 is 1.42 bits per heavy atom. The van der Waals surface area contributed by atoms with Crippen LogP contribution in [-0.4, -0.2) is 39.6 Å². The Morgan fingerprint density at radius 3 is 2.74 bits per heavy atom. The summed E-state index contributed by atoms with van der Waals surface area (Å²) in [7, 11) is 4.28. The van der Waals surface area contributed by atoms with Crippen LogP contribution in [0.3, 0.4) is 0 Å². The van der Waals surface area contributed by atoms with E-state index in [0.29, 0.717) is 11.9 Å². The molecular formula is C13H18IN5. The third kappa shape index (κ3) is 1.92. The van der Waals surface area contributed by atoms with Crippen LogP contribution in [0.15, 0.2) is 12.5 Å². The van der Waals surface area contributed by atoms with Gasteiger partial charge in [-0.25, -0.2) is 9.97 Å². The minimum Gasteiger partial charge on any atom is -0.383 e. The van der Waals surface area contributed by atoms with Gasteiger partial charge in [-0.15, -0.1) is 0 Å². The molecule has 0 saturated heterocycles. The van der Waals surface area contributed by atoms with Gasteiger partial charge in [-0.05, 0) is 56.5 Å². The molecule has 0 atom stereocenters. The lowest BCUT2D eigenvalue weighted by atomic mass is 9.73. The molecule has 0 bridgehead atoms. The van der Waals surface area contributed by atoms with Gasteiger partial charge in [0.1, 0.15) is 17.8 Å². The van der Waals surface area contributed by atoms with E-state index >= 15 is 0 Å². The Hall–Kier alpha value is -0.890. The van der Waals surface area contributed by atoms with Crippen LogP contribution in [0.2, 0.25) is 0 Å². The first-order valence-electron chi connectivity index (χ1n) is 6.36. The van der Waals surface area contributed by atoms with Crippen molar-refractivity contribution in [3.63, 3.8) is 0 Å². The number of fused-ring (bicyclic) bond motifs is 1. The summed E-state index contributed by atoms with van der Waals surface area (Å²) in [5.74, 6) is 0.570. The van der Waals surface area contributed by atoms with E-state index in [2.05, 4.69) is 69.2 Å². The molecular weight excluding hydrogens is 353 g/mol. The quantitative estimate of drug-likeness (QED) is 0.822. The second-order valence-electron chi connectivity index (χ2n) is 5.83. The number of nitrogen functional groups attached to an aromatic ring is 1. The van der Waals surface area contributed by atoms with Crippen molar-refractivity contribution < 1.29 is 0 Å². The molecule has 1 aliphatic carbocycles. The number of hydrogen-bond acceptors (Lipinski definition) is 4. The van der Waals surface area contributed by atoms with Gasteiger partial charge in [-0.2, -0.15) is 0 Å². The zero-order valence-corrected chi connectivity index (χ0v) is 13.5. The van der Waals surface area contributed by atoms with Crippen molar-refractivity contribution in [1.82, 2.24) is 19.4 Å². The number of hydrogen-bond donors (Lipinski definition) is 1. The monoisotopic (exact) mass is 371 g/mol. The van der Waals surface area contributed by atoms with Crippen molar-refractivity contribution in [1.29, 1.82) is 0 Å². The van der Waals surface area contributed by atoms with E-state index in [9.17, 15) is 0 Å². The number of aromatic nitrogens is 3. The highest BCUT2D eigenvalue weighted by atomic mass is 127. The second kappa shape index (κ2) is 4.31. The first-order valence-corrected chi connectivity index (χ1v) is 7.44. The minimum atomic E-state index is 0.136. The van der Waals surface area contributed by atoms with Crippen LogP contribution in [0, 0.1) is 3.57 Å². The summed E-state index contributed by atoms with van der Waals surface area (Å²) in [6, 6.07) is 0.652. The molecule has 0 amide bonds. The highest BCUT2D eigenvalue weighted by Gasteiger charge is 2.43. The van der Waals surface area contributed by atoms with Gasteiger partial charge in [0, 0.05) is 21.3 Å². The molecule has 2 aromatic heterocycles. The zero-order valence-electron chi connectivity index (χ0n) is 11.4. The van der Waals surface area contributed by atoms with E-state index in [4.69, 9.17) is 5.73 Å². The summed E-state index contributed by atoms with van der Waals surface area (Å²) in [5.41, 5.74) is 7.06. The topological polar surface area (TPSA) is 60.0 Å². The molecule has 0 radical (unpaired) electrons. The highest BCUT2D eigenvalue weighted by Crippen LogP contribution is 2.43. The molecule has 0 unspecified atom stereocenters. The maximum atomic E-state index is 5.97. The Balaban J connectivity index is 2.06. The predicted octanol–water partition coefficient (Wildman–Crippen LogP) is 2.06. The van der Waals surface area contributed by atoms with Gasteiger partial charge in [0.15, 0.2) is 0 Å². The van der Waals surface area contributed by atoms with Crippen LogP contribution in [0.1, 0.15) is 19.8 Å². The molecule has 1 fully saturated rings. The highest BCUT2D eigenvalue weighted by molar-refractivity contribution is 14.1. The number of rotatable bonds is 2. The lowest BCUT2D eigenvalue weighted by Crippen LogP contribution is -2.52. The summed E-state index contributed by atoms with van der Waals surface area (Å²) in [4.78, 5) is 10.8. The van der Waals surface area contributed by atoms with Crippen molar-refractivity contribution in [2.75, 3.05) is 19.8 Å². The lowest BCUT2D eigenvalue weighted by molar-refractivity contribution is 0.0532. The van der Waals surface area contributed by atoms with Crippen molar-refractivity contribution >= 4 is 39.4 Å². The number of anilines is 1. The fourth-order valence-electron chi connectivity index (χ4n) is 2.97. The standard InChI is InChI=1S/C13H18IN5/c1-13(4-8(5-13)18(2)3)19-6-9(14)10-11(15)16-7-17-12(10)19/h6-8H,4-5H2,1-3H3,(H2,15,16,17). The number of halogens is 1. The largest absolute Gasteiger partial charge is 0.383 e. The third-order valence-electron chi connectivity index (χ3n) is 4.23. The van der Waals surface area contributed by atoms with Crippen LogP contribution in [0.25, 0.3) is 11.0 Å². The minimum absolute atomic E-state index is 0.136. The van der Waals surface area contributed by atoms with Crippen LogP contribution in [0.5, 0.6) is 0 Å². The van der Waals surface area contributed by atoms with Gasteiger partial charge in [-0.1, -0.05) is 0 Å². The molecule has 0 aromatic carbocycles. The molecule has 1 aliphatic rings. The molecule has 2 aromatic rings. The van der Waals surface area contributed by atoms with Gasteiger partial charge in [0.25, 0.3) is 0 Å². The third-order valence-corrected chi connectivity index (χ3v) is 5.05. The van der Waals surface area contributed by atoms with E-state index in [1.165, 1.54) is 0 Å². The SMILES string of the molecule is CN(C)C1CC(C)(n2cc(I)c3c(N)ncnc32)C1. The second-order valence-corrected chi connectivity index (χ2v) is 6.99. The maximum absolute atomic E-state index is 5.97. The van der Waals surface area contributed by atoms with E-state index < -0.39 is 0 Å². The Kier molecular flexibility index (Phi) is 2.97. The normalized spacial score (nSPS) is 26.9. The van der Waals surface area contributed by atoms with Crippen LogP contribution in [0.4, 0.5) is 5.82 Å². The molecule has 19 heavy (non-hydrogen) atoms. The number of nitrogens with two attached hydrogens (primary N) is 1. The van der Waals surface area contributed by atoms with E-state index in [1.807, 2.05) is 0 Å².